The summed E-state index contributed by atoms with van der Waals surface area (Å²) in [5, 5.41) is 20.5. The van der Waals surface area contributed by atoms with Crippen LogP contribution in [0.3, 0.4) is 0 Å². The Labute approximate surface area is 133 Å². The Bertz CT molecular complexity index is 499. The van der Waals surface area contributed by atoms with E-state index >= 15 is 0 Å². The summed E-state index contributed by atoms with van der Waals surface area (Å²) in [5.41, 5.74) is -0.0285. The molecule has 3 nitrogen and oxygen atoms in total. The highest BCUT2D eigenvalue weighted by Gasteiger charge is 2.65. The van der Waals surface area contributed by atoms with Gasteiger partial charge in [0.2, 0.25) is 0 Å². The molecule has 124 valence electrons. The maximum Gasteiger partial charge on any atom is 0.306 e. The fraction of sp³-hybridized carbons (Fsp3) is 0.947. The highest BCUT2D eigenvalue weighted by molar-refractivity contribution is 5.71. The molecule has 4 fully saturated rings. The molecule has 3 heteroatoms. The minimum absolute atomic E-state index is 0.103. The third-order valence-electron chi connectivity index (χ3n) is 8.42. The first kappa shape index (κ1) is 15.0. The van der Waals surface area contributed by atoms with Crippen LogP contribution in [0.5, 0.6) is 0 Å². The van der Waals surface area contributed by atoms with E-state index in [0.29, 0.717) is 17.8 Å². The van der Waals surface area contributed by atoms with E-state index in [1.165, 1.54) is 12.8 Å². The van der Waals surface area contributed by atoms with Crippen molar-refractivity contribution in [3.63, 3.8) is 0 Å². The van der Waals surface area contributed by atoms with Crippen molar-refractivity contribution >= 4 is 5.97 Å². The molecular weight excluding hydrogens is 276 g/mol. The SMILES string of the molecule is C[C@]12CCC[C@@](C)(O)[C@@H]1CC[C@]13C[C@H](CC[C@@H]12)[C@H](C(=O)O)C3. The van der Waals surface area contributed by atoms with E-state index in [4.69, 9.17) is 0 Å². The van der Waals surface area contributed by atoms with Crippen LogP contribution in [-0.4, -0.2) is 21.8 Å². The van der Waals surface area contributed by atoms with Crippen LogP contribution >= 0.6 is 0 Å². The minimum atomic E-state index is -0.564. The number of rotatable bonds is 1. The number of hydrogen-bond donors (Lipinski definition) is 2. The van der Waals surface area contributed by atoms with E-state index in [2.05, 4.69) is 6.92 Å². The van der Waals surface area contributed by atoms with Gasteiger partial charge in [-0.2, -0.15) is 0 Å². The first-order valence-electron chi connectivity index (χ1n) is 9.24. The van der Waals surface area contributed by atoms with Gasteiger partial charge in [0.25, 0.3) is 0 Å². The molecule has 4 aliphatic carbocycles. The Morgan fingerprint density at radius 3 is 2.50 bits per heavy atom. The van der Waals surface area contributed by atoms with Crippen molar-refractivity contribution in [2.45, 2.75) is 77.2 Å². The molecule has 4 aliphatic rings. The third-order valence-corrected chi connectivity index (χ3v) is 8.42. The third kappa shape index (κ3) is 1.81. The minimum Gasteiger partial charge on any atom is -0.481 e. The van der Waals surface area contributed by atoms with Gasteiger partial charge < -0.3 is 10.2 Å². The largest absolute Gasteiger partial charge is 0.481 e. The number of aliphatic carboxylic acids is 1. The van der Waals surface area contributed by atoms with Gasteiger partial charge in [0, 0.05) is 0 Å². The van der Waals surface area contributed by atoms with Crippen LogP contribution in [0.2, 0.25) is 0 Å². The zero-order chi connectivity index (χ0) is 15.8. The molecule has 0 heterocycles. The number of carboxylic acid groups (broad SMARTS) is 1. The van der Waals surface area contributed by atoms with Gasteiger partial charge in [-0.25, -0.2) is 0 Å². The van der Waals surface area contributed by atoms with Crippen molar-refractivity contribution < 1.29 is 15.0 Å². The van der Waals surface area contributed by atoms with Gasteiger partial charge >= 0.3 is 5.97 Å². The molecule has 4 rings (SSSR count). The average Bonchev–Trinajstić information content (AvgIpc) is 2.69. The van der Waals surface area contributed by atoms with Gasteiger partial charge in [0.1, 0.15) is 0 Å². The number of aliphatic hydroxyl groups is 1. The molecule has 0 aliphatic heterocycles. The second kappa shape index (κ2) is 4.49. The Hall–Kier alpha value is -0.570. The topological polar surface area (TPSA) is 57.5 Å². The summed E-state index contributed by atoms with van der Waals surface area (Å²) < 4.78 is 0. The molecule has 0 saturated heterocycles. The summed E-state index contributed by atoms with van der Waals surface area (Å²) in [6.45, 7) is 4.47. The molecular formula is C19H30O3. The van der Waals surface area contributed by atoms with Crippen molar-refractivity contribution in [3.8, 4) is 0 Å². The van der Waals surface area contributed by atoms with Crippen LogP contribution in [0.15, 0.2) is 0 Å². The summed E-state index contributed by atoms with van der Waals surface area (Å²) in [7, 11) is 0. The van der Waals surface area contributed by atoms with E-state index < -0.39 is 11.6 Å². The second-order valence-electron chi connectivity index (χ2n) is 9.41. The van der Waals surface area contributed by atoms with Crippen LogP contribution in [0.4, 0.5) is 0 Å². The first-order valence-corrected chi connectivity index (χ1v) is 9.24. The molecule has 4 saturated carbocycles. The molecule has 7 atom stereocenters. The van der Waals surface area contributed by atoms with Gasteiger partial charge in [-0.3, -0.25) is 4.79 Å². The maximum atomic E-state index is 11.6. The Morgan fingerprint density at radius 1 is 1.00 bits per heavy atom. The summed E-state index contributed by atoms with van der Waals surface area (Å²) in [6.07, 6.45) is 9.86. The van der Waals surface area contributed by atoms with Crippen LogP contribution in [-0.2, 0) is 4.79 Å². The van der Waals surface area contributed by atoms with E-state index in [-0.39, 0.29) is 16.7 Å². The van der Waals surface area contributed by atoms with E-state index in [1.54, 1.807) is 0 Å². The Morgan fingerprint density at radius 2 is 1.77 bits per heavy atom. The summed E-state index contributed by atoms with van der Waals surface area (Å²) in [6, 6.07) is 0. The van der Waals surface area contributed by atoms with Gasteiger partial charge in [-0.1, -0.05) is 13.3 Å². The maximum absolute atomic E-state index is 11.6. The molecule has 0 unspecified atom stereocenters. The number of carboxylic acids is 1. The molecule has 0 radical (unpaired) electrons. The molecule has 2 N–H and O–H groups in total. The number of fused-ring (bicyclic) bond motifs is 3. The van der Waals surface area contributed by atoms with Crippen molar-refractivity contribution in [2.24, 2.45) is 34.5 Å². The zero-order valence-corrected chi connectivity index (χ0v) is 14.0. The lowest BCUT2D eigenvalue weighted by molar-refractivity contribution is -0.180. The second-order valence-corrected chi connectivity index (χ2v) is 9.41. The number of hydrogen-bond acceptors (Lipinski definition) is 2. The predicted molar refractivity (Wildman–Crippen MR) is 84.3 cm³/mol. The van der Waals surface area contributed by atoms with Crippen LogP contribution < -0.4 is 0 Å². The predicted octanol–water partition coefficient (Wildman–Crippen LogP) is 3.84. The molecule has 1 spiro atoms. The van der Waals surface area contributed by atoms with Gasteiger partial charge in [0.05, 0.1) is 11.5 Å². The van der Waals surface area contributed by atoms with E-state index in [0.717, 1.165) is 44.9 Å². The average molecular weight is 306 g/mol. The molecule has 0 aromatic rings. The summed E-state index contributed by atoms with van der Waals surface area (Å²) >= 11 is 0. The molecule has 0 aromatic heterocycles. The molecule has 0 aromatic carbocycles. The fourth-order valence-electron chi connectivity index (χ4n) is 7.70. The molecule has 22 heavy (non-hydrogen) atoms. The Kier molecular flexibility index (Phi) is 3.06. The molecule has 0 amide bonds. The zero-order valence-electron chi connectivity index (χ0n) is 14.0. The standard InChI is InChI=1S/C19H30O3/c1-17-7-3-8-18(2,22)14(17)6-9-19-10-12(4-5-15(17)19)13(11-19)16(20)21/h12-15,22H,3-11H2,1-2H3,(H,20,21)/t12-,13+,14+,15+,17-,18+,19+/m0/s1. The normalized spacial score (nSPS) is 57.0. The number of carbonyl (C=O) groups is 1. The van der Waals surface area contributed by atoms with Crippen molar-refractivity contribution in [3.05, 3.63) is 0 Å². The lowest BCUT2D eigenvalue weighted by Crippen LogP contribution is -2.58. The summed E-state index contributed by atoms with van der Waals surface area (Å²) in [5.74, 6) is 0.786. The lowest BCUT2D eigenvalue weighted by Gasteiger charge is -2.63. The van der Waals surface area contributed by atoms with Crippen molar-refractivity contribution in [1.82, 2.24) is 0 Å². The first-order chi connectivity index (χ1) is 10.3. The van der Waals surface area contributed by atoms with Crippen LogP contribution in [0.1, 0.15) is 71.6 Å². The van der Waals surface area contributed by atoms with E-state index in [9.17, 15) is 15.0 Å². The Balaban J connectivity index is 1.70. The van der Waals surface area contributed by atoms with Crippen molar-refractivity contribution in [2.75, 3.05) is 0 Å². The molecule has 2 bridgehead atoms. The van der Waals surface area contributed by atoms with Crippen LogP contribution in [0, 0.1) is 34.5 Å². The van der Waals surface area contributed by atoms with Gasteiger partial charge in [0.15, 0.2) is 0 Å². The van der Waals surface area contributed by atoms with Crippen LogP contribution in [0.25, 0.3) is 0 Å². The smallest absolute Gasteiger partial charge is 0.306 e. The lowest BCUT2D eigenvalue weighted by atomic mass is 9.43. The van der Waals surface area contributed by atoms with Crippen molar-refractivity contribution in [1.29, 1.82) is 0 Å². The van der Waals surface area contributed by atoms with Gasteiger partial charge in [-0.15, -0.1) is 0 Å². The van der Waals surface area contributed by atoms with E-state index in [1.807, 2.05) is 6.92 Å². The highest BCUT2D eigenvalue weighted by Crippen LogP contribution is 2.71. The fourth-order valence-corrected chi connectivity index (χ4v) is 7.70. The van der Waals surface area contributed by atoms with Gasteiger partial charge in [-0.05, 0) is 86.9 Å². The summed E-state index contributed by atoms with van der Waals surface area (Å²) in [4.78, 5) is 11.6. The monoisotopic (exact) mass is 306 g/mol. The highest BCUT2D eigenvalue weighted by atomic mass is 16.4. The quantitative estimate of drug-likeness (QED) is 0.773.